The summed E-state index contributed by atoms with van der Waals surface area (Å²) >= 11 is 1.46. The zero-order valence-corrected chi connectivity index (χ0v) is 18.7. The van der Waals surface area contributed by atoms with E-state index in [0.29, 0.717) is 30.1 Å². The number of sulfonamides is 1. The Kier molecular flexibility index (Phi) is 7.02. The van der Waals surface area contributed by atoms with E-state index in [9.17, 15) is 13.2 Å². The molecule has 0 atom stereocenters. The van der Waals surface area contributed by atoms with Crippen molar-refractivity contribution in [2.24, 2.45) is 0 Å². The molecule has 2 heterocycles. The molecule has 1 fully saturated rings. The van der Waals surface area contributed by atoms with Crippen LogP contribution in [-0.4, -0.2) is 42.6 Å². The predicted octanol–water partition coefficient (Wildman–Crippen LogP) is 3.65. The van der Waals surface area contributed by atoms with Gasteiger partial charge in [0.1, 0.15) is 5.76 Å². The second kappa shape index (κ2) is 9.32. The summed E-state index contributed by atoms with van der Waals surface area (Å²) in [5.74, 6) is 1.48. The highest BCUT2D eigenvalue weighted by Crippen LogP contribution is 2.26. The number of aromatic nitrogens is 1. The molecule has 0 unspecified atom stereocenters. The van der Waals surface area contributed by atoms with Crippen molar-refractivity contribution in [1.82, 2.24) is 9.46 Å². The van der Waals surface area contributed by atoms with E-state index in [1.54, 1.807) is 29.4 Å². The maximum atomic E-state index is 13.0. The number of anilines is 1. The van der Waals surface area contributed by atoms with Gasteiger partial charge in [-0.1, -0.05) is 17.6 Å². The molecule has 2 aromatic rings. The minimum absolute atomic E-state index is 0.174. The van der Waals surface area contributed by atoms with Crippen molar-refractivity contribution in [2.45, 2.75) is 50.7 Å². The molecule has 0 bridgehead atoms. The fraction of sp³-hybridized carbons (Fsp3) is 0.500. The molecule has 0 radical (unpaired) electrons. The van der Waals surface area contributed by atoms with Crippen LogP contribution in [0.25, 0.3) is 0 Å². The van der Waals surface area contributed by atoms with E-state index in [4.69, 9.17) is 4.52 Å². The van der Waals surface area contributed by atoms with Crippen molar-refractivity contribution >= 4 is 33.4 Å². The molecule has 9 heteroatoms. The molecular formula is C20H27N3O4S2. The van der Waals surface area contributed by atoms with Crippen molar-refractivity contribution in [3.8, 4) is 0 Å². The van der Waals surface area contributed by atoms with Gasteiger partial charge in [0.05, 0.1) is 16.3 Å². The van der Waals surface area contributed by atoms with Gasteiger partial charge in [-0.2, -0.15) is 4.31 Å². The Morgan fingerprint density at radius 3 is 2.59 bits per heavy atom. The molecule has 0 saturated carbocycles. The quantitative estimate of drug-likeness (QED) is 0.711. The Hall–Kier alpha value is -1.84. The van der Waals surface area contributed by atoms with Crippen molar-refractivity contribution in [3.63, 3.8) is 0 Å². The van der Waals surface area contributed by atoms with Gasteiger partial charge in [-0.25, -0.2) is 8.42 Å². The Morgan fingerprint density at radius 1 is 1.21 bits per heavy atom. The van der Waals surface area contributed by atoms with E-state index < -0.39 is 10.0 Å². The number of carbonyl (C=O) groups excluding carboxylic acids is 1. The van der Waals surface area contributed by atoms with E-state index in [1.165, 1.54) is 11.8 Å². The van der Waals surface area contributed by atoms with Crippen molar-refractivity contribution < 1.29 is 17.7 Å². The molecule has 3 rings (SSSR count). The van der Waals surface area contributed by atoms with Crippen LogP contribution in [0, 0.1) is 20.8 Å². The normalized spacial score (nSPS) is 15.4. The number of nitrogens with zero attached hydrogens (tertiary/aromatic N) is 2. The van der Waals surface area contributed by atoms with Crippen LogP contribution in [0.4, 0.5) is 5.69 Å². The summed E-state index contributed by atoms with van der Waals surface area (Å²) in [6, 6.07) is 5.04. The molecular weight excluding hydrogens is 410 g/mol. The molecule has 1 N–H and O–H groups in total. The number of hydrogen-bond donors (Lipinski definition) is 1. The number of piperidine rings is 1. The number of thioether (sulfide) groups is 1. The topological polar surface area (TPSA) is 92.5 Å². The minimum Gasteiger partial charge on any atom is -0.361 e. The molecule has 1 aromatic heterocycles. The fourth-order valence-electron chi connectivity index (χ4n) is 3.35. The first kappa shape index (κ1) is 21.9. The Bertz CT molecular complexity index is 960. The van der Waals surface area contributed by atoms with Gasteiger partial charge in [0.25, 0.3) is 0 Å². The standard InChI is InChI=1S/C20H27N3O4S2/c1-14-7-8-17(11-19(14)29(25,26)23-9-5-4-6-10-23)21-20(24)13-28-12-18-15(2)22-27-16(18)3/h7-8,11H,4-6,9-10,12-13H2,1-3H3,(H,21,24). The Balaban J connectivity index is 1.64. The molecule has 0 aliphatic carbocycles. The molecule has 1 amide bonds. The van der Waals surface area contributed by atoms with Crippen molar-refractivity contribution in [1.29, 1.82) is 0 Å². The summed E-state index contributed by atoms with van der Waals surface area (Å²) in [5.41, 5.74) is 3.02. The van der Waals surface area contributed by atoms with Gasteiger partial charge in [-0.3, -0.25) is 4.79 Å². The van der Waals surface area contributed by atoms with E-state index in [-0.39, 0.29) is 16.6 Å². The van der Waals surface area contributed by atoms with Crippen LogP contribution < -0.4 is 5.32 Å². The van der Waals surface area contributed by atoms with Gasteiger partial charge in [-0.15, -0.1) is 11.8 Å². The van der Waals surface area contributed by atoms with Gasteiger partial charge in [0.15, 0.2) is 0 Å². The van der Waals surface area contributed by atoms with Crippen LogP contribution in [-0.2, 0) is 20.6 Å². The summed E-state index contributed by atoms with van der Waals surface area (Å²) in [6.45, 7) is 6.62. The van der Waals surface area contributed by atoms with Crippen LogP contribution in [0.2, 0.25) is 0 Å². The SMILES string of the molecule is Cc1ccc(NC(=O)CSCc2c(C)noc2C)cc1S(=O)(=O)N1CCCCC1. The Labute approximate surface area is 176 Å². The van der Waals surface area contributed by atoms with Crippen LogP contribution in [0.3, 0.4) is 0 Å². The highest BCUT2D eigenvalue weighted by Gasteiger charge is 2.27. The smallest absolute Gasteiger partial charge is 0.243 e. The average molecular weight is 438 g/mol. The number of aryl methyl sites for hydroxylation is 3. The zero-order valence-electron chi connectivity index (χ0n) is 17.0. The second-order valence-electron chi connectivity index (χ2n) is 7.29. The maximum absolute atomic E-state index is 13.0. The summed E-state index contributed by atoms with van der Waals surface area (Å²) in [7, 11) is -3.55. The number of hydrogen-bond acceptors (Lipinski definition) is 6. The van der Waals surface area contributed by atoms with E-state index in [1.807, 2.05) is 13.8 Å². The largest absolute Gasteiger partial charge is 0.361 e. The number of carbonyl (C=O) groups is 1. The van der Waals surface area contributed by atoms with Gasteiger partial charge in [0.2, 0.25) is 15.9 Å². The predicted molar refractivity (Wildman–Crippen MR) is 115 cm³/mol. The number of amides is 1. The van der Waals surface area contributed by atoms with Crippen LogP contribution in [0.15, 0.2) is 27.6 Å². The first-order chi connectivity index (χ1) is 13.8. The zero-order chi connectivity index (χ0) is 21.0. The maximum Gasteiger partial charge on any atom is 0.243 e. The minimum atomic E-state index is -3.55. The molecule has 1 saturated heterocycles. The number of rotatable bonds is 7. The molecule has 158 valence electrons. The molecule has 0 spiro atoms. The summed E-state index contributed by atoms with van der Waals surface area (Å²) < 4.78 is 32.7. The Morgan fingerprint density at radius 2 is 1.93 bits per heavy atom. The monoisotopic (exact) mass is 437 g/mol. The third kappa shape index (κ3) is 5.21. The lowest BCUT2D eigenvalue weighted by Gasteiger charge is -2.26. The van der Waals surface area contributed by atoms with Crippen molar-refractivity contribution in [2.75, 3.05) is 24.2 Å². The first-order valence-corrected chi connectivity index (χ1v) is 12.3. The molecule has 1 aromatic carbocycles. The number of benzene rings is 1. The lowest BCUT2D eigenvalue weighted by Crippen LogP contribution is -2.36. The highest BCUT2D eigenvalue weighted by atomic mass is 32.2. The summed E-state index contributed by atoms with van der Waals surface area (Å²) in [4.78, 5) is 12.6. The second-order valence-corrected chi connectivity index (χ2v) is 10.2. The van der Waals surface area contributed by atoms with Crippen molar-refractivity contribution in [3.05, 3.63) is 40.8 Å². The molecule has 1 aliphatic rings. The number of nitrogens with one attached hydrogen (secondary N) is 1. The fourth-order valence-corrected chi connectivity index (χ4v) is 6.09. The lowest BCUT2D eigenvalue weighted by molar-refractivity contribution is -0.113. The van der Waals surface area contributed by atoms with Crippen LogP contribution in [0.5, 0.6) is 0 Å². The van der Waals surface area contributed by atoms with Gasteiger partial charge in [0, 0.05) is 30.1 Å². The van der Waals surface area contributed by atoms with E-state index in [2.05, 4.69) is 10.5 Å². The third-order valence-corrected chi connectivity index (χ3v) is 8.07. The van der Waals surface area contributed by atoms with Gasteiger partial charge < -0.3 is 9.84 Å². The highest BCUT2D eigenvalue weighted by molar-refractivity contribution is 7.99. The first-order valence-electron chi connectivity index (χ1n) is 9.69. The van der Waals surface area contributed by atoms with Crippen LogP contribution in [0.1, 0.15) is 41.8 Å². The van der Waals surface area contributed by atoms with Gasteiger partial charge in [-0.05, 0) is 51.3 Å². The van der Waals surface area contributed by atoms with E-state index >= 15 is 0 Å². The summed E-state index contributed by atoms with van der Waals surface area (Å²) in [6.07, 6.45) is 2.83. The third-order valence-electron chi connectivity index (χ3n) is 5.07. The molecule has 1 aliphatic heterocycles. The lowest BCUT2D eigenvalue weighted by atomic mass is 10.2. The summed E-state index contributed by atoms with van der Waals surface area (Å²) in [5, 5.41) is 6.72. The van der Waals surface area contributed by atoms with E-state index in [0.717, 1.165) is 36.3 Å². The van der Waals surface area contributed by atoms with Gasteiger partial charge >= 0.3 is 0 Å². The molecule has 29 heavy (non-hydrogen) atoms. The average Bonchev–Trinajstić information content (AvgIpc) is 3.02. The molecule has 7 nitrogen and oxygen atoms in total. The van der Waals surface area contributed by atoms with Crippen LogP contribution >= 0.6 is 11.8 Å².